The molecule has 0 radical (unpaired) electrons. The van der Waals surface area contributed by atoms with Gasteiger partial charge in [0.15, 0.2) is 0 Å². The Kier molecular flexibility index (Phi) is 7.51. The van der Waals surface area contributed by atoms with Gasteiger partial charge in [-0.15, -0.1) is 0 Å². The molecule has 0 saturated carbocycles. The highest BCUT2D eigenvalue weighted by molar-refractivity contribution is 6.30. The van der Waals surface area contributed by atoms with E-state index in [-0.39, 0.29) is 11.1 Å². The van der Waals surface area contributed by atoms with Gasteiger partial charge in [-0.05, 0) is 29.8 Å². The first kappa shape index (κ1) is 22.4. The molecular formula is C26H28ClFN2O2. The van der Waals surface area contributed by atoms with Crippen molar-refractivity contribution in [3.8, 4) is 11.5 Å². The van der Waals surface area contributed by atoms with E-state index in [9.17, 15) is 4.39 Å². The molecule has 0 amide bonds. The number of halogens is 2. The molecule has 3 aromatic carbocycles. The molecular weight excluding hydrogens is 427 g/mol. The fourth-order valence-corrected chi connectivity index (χ4v) is 4.25. The number of methoxy groups -OCH3 is 1. The lowest BCUT2D eigenvalue weighted by Crippen LogP contribution is -2.47. The standard InChI is InChI=1S/C26H28ClFN2O2/c1-31-26-10-6-5-9-24(26)30-17-15-29(16-18-30)14-13-25(20-7-3-2-4-8-20)32-21-11-12-23(28)22(27)19-21/h2-12,19,25H,13-18H2,1H3/t25-/m0/s1. The second-order valence-corrected chi connectivity index (χ2v) is 8.29. The van der Waals surface area contributed by atoms with Crippen molar-refractivity contribution in [1.82, 2.24) is 4.90 Å². The van der Waals surface area contributed by atoms with Crippen LogP contribution in [-0.4, -0.2) is 44.7 Å². The number of para-hydroxylation sites is 2. The summed E-state index contributed by atoms with van der Waals surface area (Å²) in [5.74, 6) is 1.05. The molecule has 6 heteroatoms. The van der Waals surface area contributed by atoms with Gasteiger partial charge < -0.3 is 14.4 Å². The Hall–Kier alpha value is -2.76. The van der Waals surface area contributed by atoms with Gasteiger partial charge in [0.25, 0.3) is 0 Å². The zero-order valence-electron chi connectivity index (χ0n) is 18.2. The van der Waals surface area contributed by atoms with Crippen LogP contribution >= 0.6 is 11.6 Å². The summed E-state index contributed by atoms with van der Waals surface area (Å²) in [6.45, 7) is 4.76. The highest BCUT2D eigenvalue weighted by Crippen LogP contribution is 2.30. The number of piperazine rings is 1. The zero-order valence-corrected chi connectivity index (χ0v) is 19.0. The van der Waals surface area contributed by atoms with Crippen LogP contribution in [0.5, 0.6) is 11.5 Å². The number of hydrogen-bond donors (Lipinski definition) is 0. The van der Waals surface area contributed by atoms with E-state index < -0.39 is 5.82 Å². The Labute approximate surface area is 194 Å². The molecule has 168 valence electrons. The molecule has 1 aliphatic rings. The first-order valence-electron chi connectivity index (χ1n) is 10.9. The van der Waals surface area contributed by atoms with Crippen LogP contribution in [0.15, 0.2) is 72.8 Å². The molecule has 1 saturated heterocycles. The van der Waals surface area contributed by atoms with Gasteiger partial charge in [-0.3, -0.25) is 4.90 Å². The third-order valence-electron chi connectivity index (χ3n) is 5.85. The molecule has 0 aromatic heterocycles. The van der Waals surface area contributed by atoms with Crippen molar-refractivity contribution in [2.24, 2.45) is 0 Å². The number of hydrogen-bond acceptors (Lipinski definition) is 4. The highest BCUT2D eigenvalue weighted by Gasteiger charge is 2.21. The summed E-state index contributed by atoms with van der Waals surface area (Å²) in [4.78, 5) is 4.84. The molecule has 1 fully saturated rings. The second kappa shape index (κ2) is 10.7. The minimum Gasteiger partial charge on any atom is -0.495 e. The fraction of sp³-hybridized carbons (Fsp3) is 0.308. The van der Waals surface area contributed by atoms with E-state index in [0.717, 1.165) is 56.1 Å². The van der Waals surface area contributed by atoms with Crippen LogP contribution in [0.1, 0.15) is 18.1 Å². The summed E-state index contributed by atoms with van der Waals surface area (Å²) in [6.07, 6.45) is 0.693. The molecule has 3 aromatic rings. The normalized spacial score (nSPS) is 15.4. The van der Waals surface area contributed by atoms with Crippen molar-refractivity contribution in [1.29, 1.82) is 0 Å². The Morgan fingerprint density at radius 1 is 0.938 bits per heavy atom. The maximum absolute atomic E-state index is 13.5. The van der Waals surface area contributed by atoms with E-state index in [1.807, 2.05) is 36.4 Å². The average molecular weight is 455 g/mol. The summed E-state index contributed by atoms with van der Waals surface area (Å²) < 4.78 is 25.3. The number of nitrogens with zero attached hydrogens (tertiary/aromatic N) is 2. The van der Waals surface area contributed by atoms with Gasteiger partial charge in [0, 0.05) is 45.2 Å². The Morgan fingerprint density at radius 2 is 1.66 bits per heavy atom. The first-order chi connectivity index (χ1) is 15.6. The average Bonchev–Trinajstić information content (AvgIpc) is 2.85. The van der Waals surface area contributed by atoms with Crippen LogP contribution in [0.2, 0.25) is 5.02 Å². The Balaban J connectivity index is 1.38. The number of benzene rings is 3. The van der Waals surface area contributed by atoms with E-state index in [0.29, 0.717) is 5.75 Å². The minimum absolute atomic E-state index is 0.0711. The number of rotatable bonds is 8. The van der Waals surface area contributed by atoms with Crippen LogP contribution in [0.3, 0.4) is 0 Å². The zero-order chi connectivity index (χ0) is 22.3. The second-order valence-electron chi connectivity index (χ2n) is 7.88. The van der Waals surface area contributed by atoms with Crippen molar-refractivity contribution in [3.05, 3.63) is 89.2 Å². The predicted molar refractivity (Wildman–Crippen MR) is 127 cm³/mol. The Bertz CT molecular complexity index is 1010. The molecule has 0 spiro atoms. The third-order valence-corrected chi connectivity index (χ3v) is 6.14. The van der Waals surface area contributed by atoms with E-state index >= 15 is 0 Å². The molecule has 1 aliphatic heterocycles. The first-order valence-corrected chi connectivity index (χ1v) is 11.3. The topological polar surface area (TPSA) is 24.9 Å². The SMILES string of the molecule is COc1ccccc1N1CCN(CC[C@H](Oc2ccc(F)c(Cl)c2)c2ccccc2)CC1. The summed E-state index contributed by atoms with van der Waals surface area (Å²) in [5, 5.41) is 0.0711. The largest absolute Gasteiger partial charge is 0.495 e. The van der Waals surface area contributed by atoms with Crippen LogP contribution < -0.4 is 14.4 Å². The fourth-order valence-electron chi connectivity index (χ4n) is 4.08. The highest BCUT2D eigenvalue weighted by atomic mass is 35.5. The van der Waals surface area contributed by atoms with Crippen molar-refractivity contribution in [3.63, 3.8) is 0 Å². The lowest BCUT2D eigenvalue weighted by atomic mass is 10.1. The molecule has 0 N–H and O–H groups in total. The van der Waals surface area contributed by atoms with E-state index in [1.165, 1.54) is 6.07 Å². The van der Waals surface area contributed by atoms with Crippen molar-refractivity contribution >= 4 is 17.3 Å². The van der Waals surface area contributed by atoms with Gasteiger partial charge in [0.05, 0.1) is 17.8 Å². The van der Waals surface area contributed by atoms with E-state index in [4.69, 9.17) is 21.1 Å². The third kappa shape index (κ3) is 5.53. The van der Waals surface area contributed by atoms with Gasteiger partial charge >= 0.3 is 0 Å². The minimum atomic E-state index is -0.441. The van der Waals surface area contributed by atoms with E-state index in [2.05, 4.69) is 28.0 Å². The van der Waals surface area contributed by atoms with Gasteiger partial charge in [0.2, 0.25) is 0 Å². The van der Waals surface area contributed by atoms with Gasteiger partial charge in [-0.2, -0.15) is 0 Å². The lowest BCUT2D eigenvalue weighted by molar-refractivity contribution is 0.160. The van der Waals surface area contributed by atoms with Crippen LogP contribution in [0, 0.1) is 5.82 Å². The quantitative estimate of drug-likeness (QED) is 0.428. The van der Waals surface area contributed by atoms with Gasteiger partial charge in [0.1, 0.15) is 23.4 Å². The molecule has 32 heavy (non-hydrogen) atoms. The molecule has 1 heterocycles. The molecule has 4 nitrogen and oxygen atoms in total. The monoisotopic (exact) mass is 454 g/mol. The number of ether oxygens (including phenoxy) is 2. The molecule has 1 atom stereocenters. The molecule has 0 bridgehead atoms. The van der Waals surface area contributed by atoms with Gasteiger partial charge in [-0.25, -0.2) is 4.39 Å². The van der Waals surface area contributed by atoms with Crippen LogP contribution in [0.4, 0.5) is 10.1 Å². The Morgan fingerprint density at radius 3 is 2.38 bits per heavy atom. The maximum Gasteiger partial charge on any atom is 0.142 e. The maximum atomic E-state index is 13.5. The van der Waals surface area contributed by atoms with Crippen molar-refractivity contribution in [2.45, 2.75) is 12.5 Å². The summed E-state index contributed by atoms with van der Waals surface area (Å²) in [5.41, 5.74) is 2.24. The molecule has 4 rings (SSSR count). The number of anilines is 1. The summed E-state index contributed by atoms with van der Waals surface area (Å²) in [6, 6.07) is 22.8. The summed E-state index contributed by atoms with van der Waals surface area (Å²) in [7, 11) is 1.72. The van der Waals surface area contributed by atoms with Crippen LogP contribution in [0.25, 0.3) is 0 Å². The smallest absolute Gasteiger partial charge is 0.142 e. The molecule has 0 aliphatic carbocycles. The lowest BCUT2D eigenvalue weighted by Gasteiger charge is -2.37. The summed E-state index contributed by atoms with van der Waals surface area (Å²) >= 11 is 5.95. The van der Waals surface area contributed by atoms with E-state index in [1.54, 1.807) is 19.2 Å². The molecule has 0 unspecified atom stereocenters. The van der Waals surface area contributed by atoms with Crippen molar-refractivity contribution in [2.75, 3.05) is 44.7 Å². The predicted octanol–water partition coefficient (Wildman–Crippen LogP) is 5.82. The van der Waals surface area contributed by atoms with Gasteiger partial charge in [-0.1, -0.05) is 54.1 Å². The van der Waals surface area contributed by atoms with Crippen LogP contribution in [-0.2, 0) is 0 Å². The van der Waals surface area contributed by atoms with Crippen molar-refractivity contribution < 1.29 is 13.9 Å².